The van der Waals surface area contributed by atoms with E-state index in [0.717, 1.165) is 12.1 Å². The van der Waals surface area contributed by atoms with E-state index < -0.39 is 18.1 Å². The number of carboxylic acids is 1. The summed E-state index contributed by atoms with van der Waals surface area (Å²) in [7, 11) is 0. The Hall–Kier alpha value is -2.18. The smallest absolute Gasteiger partial charge is 0.478 e. The molecule has 0 aliphatic carbocycles. The van der Waals surface area contributed by atoms with Gasteiger partial charge in [0.2, 0.25) is 0 Å². The lowest BCUT2D eigenvalue weighted by molar-refractivity contribution is -0.274. The topological polar surface area (TPSA) is 59.7 Å². The number of benzene rings is 1. The van der Waals surface area contributed by atoms with E-state index >= 15 is 0 Å². The molecule has 0 atom stereocenters. The summed E-state index contributed by atoms with van der Waals surface area (Å²) in [5.74, 6) is -1.53. The molecule has 1 aromatic carbocycles. The van der Waals surface area contributed by atoms with Crippen LogP contribution in [0.4, 0.5) is 13.2 Å². The van der Waals surface area contributed by atoms with E-state index in [1.54, 1.807) is 0 Å². The van der Waals surface area contributed by atoms with Crippen LogP contribution in [0.1, 0.15) is 16.1 Å². The summed E-state index contributed by atoms with van der Waals surface area (Å²) in [6, 6.07) is 3.26. The van der Waals surface area contributed by atoms with Crippen LogP contribution in [-0.2, 0) is 0 Å². The number of rotatable bonds is 2. The molecule has 0 aliphatic rings. The lowest BCUT2D eigenvalue weighted by atomic mass is 10.1. The number of hydrogen-bond acceptors (Lipinski definition) is 3. The first-order chi connectivity index (χ1) is 8.28. The molecule has 0 saturated carbocycles. The van der Waals surface area contributed by atoms with E-state index in [1.165, 1.54) is 13.0 Å². The average molecular weight is 260 g/mol. The highest BCUT2D eigenvalue weighted by Gasteiger charge is 2.31. The zero-order valence-corrected chi connectivity index (χ0v) is 9.04. The molecule has 18 heavy (non-hydrogen) atoms. The second-order valence-electron chi connectivity index (χ2n) is 3.54. The SMILES string of the molecule is Cc1oc2cc(OC(F)(F)F)ccc2c1C(=O)O. The van der Waals surface area contributed by atoms with E-state index in [-0.39, 0.29) is 22.3 Å². The van der Waals surface area contributed by atoms with Gasteiger partial charge in [0.1, 0.15) is 22.7 Å². The molecular formula is C11H7F3O4. The fourth-order valence-corrected chi connectivity index (χ4v) is 1.66. The Bertz CT molecular complexity index is 613. The van der Waals surface area contributed by atoms with Gasteiger partial charge in [-0.3, -0.25) is 0 Å². The normalized spacial score (nSPS) is 11.8. The minimum atomic E-state index is -4.80. The zero-order valence-electron chi connectivity index (χ0n) is 9.04. The molecule has 0 saturated heterocycles. The second kappa shape index (κ2) is 3.94. The number of ether oxygens (including phenoxy) is 1. The van der Waals surface area contributed by atoms with Crippen molar-refractivity contribution in [1.29, 1.82) is 0 Å². The third kappa shape index (κ3) is 2.24. The van der Waals surface area contributed by atoms with Crippen LogP contribution in [-0.4, -0.2) is 17.4 Å². The van der Waals surface area contributed by atoms with Gasteiger partial charge in [-0.15, -0.1) is 13.2 Å². The molecule has 0 unspecified atom stereocenters. The van der Waals surface area contributed by atoms with Crippen molar-refractivity contribution in [2.45, 2.75) is 13.3 Å². The summed E-state index contributed by atoms with van der Waals surface area (Å²) in [4.78, 5) is 10.9. The largest absolute Gasteiger partial charge is 0.573 e. The number of carboxylic acid groups (broad SMARTS) is 1. The average Bonchev–Trinajstić information content (AvgIpc) is 2.50. The summed E-state index contributed by atoms with van der Waals surface area (Å²) in [5, 5.41) is 9.17. The molecule has 1 heterocycles. The van der Waals surface area contributed by atoms with Crippen LogP contribution in [0.25, 0.3) is 11.0 Å². The van der Waals surface area contributed by atoms with E-state index in [9.17, 15) is 18.0 Å². The molecule has 4 nitrogen and oxygen atoms in total. The number of furan rings is 1. The molecule has 0 radical (unpaired) electrons. The van der Waals surface area contributed by atoms with Crippen LogP contribution < -0.4 is 4.74 Å². The molecule has 0 spiro atoms. The van der Waals surface area contributed by atoms with E-state index in [2.05, 4.69) is 4.74 Å². The highest BCUT2D eigenvalue weighted by atomic mass is 19.4. The van der Waals surface area contributed by atoms with Crippen LogP contribution in [0.15, 0.2) is 22.6 Å². The zero-order chi connectivity index (χ0) is 13.5. The molecular weight excluding hydrogens is 253 g/mol. The maximum atomic E-state index is 12.0. The standard InChI is InChI=1S/C11H7F3O4/c1-5-9(10(15)16)7-3-2-6(4-8(7)17-5)18-11(12,13)14/h2-4H,1H3,(H,15,16). The van der Waals surface area contributed by atoms with Crippen LogP contribution in [0.3, 0.4) is 0 Å². The number of aromatic carboxylic acids is 1. The Balaban J connectivity index is 2.51. The summed E-state index contributed by atoms with van der Waals surface area (Å²) in [5.41, 5.74) is -0.0322. The van der Waals surface area contributed by atoms with Crippen LogP contribution in [0.2, 0.25) is 0 Å². The van der Waals surface area contributed by atoms with Crippen molar-refractivity contribution < 1.29 is 32.2 Å². The fourth-order valence-electron chi connectivity index (χ4n) is 1.66. The van der Waals surface area contributed by atoms with E-state index in [1.807, 2.05) is 0 Å². The summed E-state index contributed by atoms with van der Waals surface area (Å²) < 4.78 is 44.8. The van der Waals surface area contributed by atoms with Crippen molar-refractivity contribution in [3.8, 4) is 5.75 Å². The van der Waals surface area contributed by atoms with Gasteiger partial charge in [-0.05, 0) is 19.1 Å². The lowest BCUT2D eigenvalue weighted by Crippen LogP contribution is -2.16. The van der Waals surface area contributed by atoms with Crippen molar-refractivity contribution in [2.75, 3.05) is 0 Å². The highest BCUT2D eigenvalue weighted by molar-refractivity contribution is 6.03. The molecule has 2 rings (SSSR count). The number of hydrogen-bond donors (Lipinski definition) is 1. The predicted octanol–water partition coefficient (Wildman–Crippen LogP) is 3.34. The van der Waals surface area contributed by atoms with Gasteiger partial charge in [0.25, 0.3) is 0 Å². The van der Waals surface area contributed by atoms with Crippen molar-refractivity contribution in [3.63, 3.8) is 0 Å². The maximum Gasteiger partial charge on any atom is 0.573 e. The Morgan fingerprint density at radius 2 is 2.06 bits per heavy atom. The quantitative estimate of drug-likeness (QED) is 0.899. The van der Waals surface area contributed by atoms with Crippen LogP contribution in [0, 0.1) is 6.92 Å². The molecule has 0 bridgehead atoms. The van der Waals surface area contributed by atoms with E-state index in [0.29, 0.717) is 0 Å². The molecule has 96 valence electrons. The van der Waals surface area contributed by atoms with Crippen LogP contribution in [0.5, 0.6) is 5.75 Å². The van der Waals surface area contributed by atoms with Crippen molar-refractivity contribution >= 4 is 16.9 Å². The minimum absolute atomic E-state index is 0.0339. The Kier molecular flexibility index (Phi) is 2.68. The van der Waals surface area contributed by atoms with Crippen molar-refractivity contribution in [3.05, 3.63) is 29.5 Å². The molecule has 0 fully saturated rings. The first-order valence-corrected chi connectivity index (χ1v) is 4.80. The summed E-state index contributed by atoms with van der Waals surface area (Å²) in [6.07, 6.45) is -4.80. The van der Waals surface area contributed by atoms with E-state index in [4.69, 9.17) is 9.52 Å². The maximum absolute atomic E-state index is 12.0. The van der Waals surface area contributed by atoms with Gasteiger partial charge in [0.15, 0.2) is 0 Å². The first-order valence-electron chi connectivity index (χ1n) is 4.80. The lowest BCUT2D eigenvalue weighted by Gasteiger charge is -2.07. The van der Waals surface area contributed by atoms with Gasteiger partial charge in [0, 0.05) is 11.5 Å². The predicted molar refractivity (Wildman–Crippen MR) is 54.6 cm³/mol. The van der Waals surface area contributed by atoms with Gasteiger partial charge in [-0.2, -0.15) is 0 Å². The summed E-state index contributed by atoms with van der Waals surface area (Å²) >= 11 is 0. The number of aryl methyl sites for hydroxylation is 1. The molecule has 1 aromatic heterocycles. The molecule has 0 amide bonds. The fraction of sp³-hybridized carbons (Fsp3) is 0.182. The molecule has 0 aliphatic heterocycles. The molecule has 2 aromatic rings. The Morgan fingerprint density at radius 3 is 2.61 bits per heavy atom. The first kappa shape index (κ1) is 12.3. The van der Waals surface area contributed by atoms with Gasteiger partial charge < -0.3 is 14.3 Å². The van der Waals surface area contributed by atoms with Gasteiger partial charge in [-0.1, -0.05) is 0 Å². The summed E-state index contributed by atoms with van der Waals surface area (Å²) in [6.45, 7) is 1.42. The number of carbonyl (C=O) groups is 1. The monoisotopic (exact) mass is 260 g/mol. The third-order valence-electron chi connectivity index (χ3n) is 2.28. The van der Waals surface area contributed by atoms with Gasteiger partial charge in [0.05, 0.1) is 0 Å². The Labute approximate surface area is 98.6 Å². The Morgan fingerprint density at radius 1 is 1.39 bits per heavy atom. The third-order valence-corrected chi connectivity index (χ3v) is 2.28. The van der Waals surface area contributed by atoms with Gasteiger partial charge >= 0.3 is 12.3 Å². The number of alkyl halides is 3. The molecule has 1 N–H and O–H groups in total. The van der Waals surface area contributed by atoms with Crippen LogP contribution >= 0.6 is 0 Å². The number of halogens is 3. The molecule has 7 heteroatoms. The highest BCUT2D eigenvalue weighted by Crippen LogP contribution is 2.31. The van der Waals surface area contributed by atoms with Crippen molar-refractivity contribution in [1.82, 2.24) is 0 Å². The number of fused-ring (bicyclic) bond motifs is 1. The van der Waals surface area contributed by atoms with Crippen molar-refractivity contribution in [2.24, 2.45) is 0 Å². The second-order valence-corrected chi connectivity index (χ2v) is 3.54. The van der Waals surface area contributed by atoms with Gasteiger partial charge in [-0.25, -0.2) is 4.79 Å². The minimum Gasteiger partial charge on any atom is -0.478 e.